The largest absolute Gasteiger partial charge is 0.443 e. The quantitative estimate of drug-likeness (QED) is 0.864. The molecule has 2 aromatic rings. The number of carbonyl (C=O) groups excluding carboxylic acids is 1. The van der Waals surface area contributed by atoms with E-state index in [4.69, 9.17) is 9.47 Å². The van der Waals surface area contributed by atoms with Crippen molar-refractivity contribution in [2.24, 2.45) is 0 Å². The van der Waals surface area contributed by atoms with Crippen LogP contribution in [0.1, 0.15) is 32.8 Å². The van der Waals surface area contributed by atoms with Gasteiger partial charge in [-0.1, -0.05) is 12.1 Å². The fourth-order valence-electron chi connectivity index (χ4n) is 2.04. The lowest BCUT2D eigenvalue weighted by molar-refractivity contribution is -0.0817. The number of hydrogen-bond acceptors (Lipinski definition) is 4. The Morgan fingerprint density at radius 2 is 2.05 bits per heavy atom. The van der Waals surface area contributed by atoms with Crippen molar-refractivity contribution < 1.29 is 23.8 Å². The Morgan fingerprint density at radius 3 is 2.62 bits per heavy atom. The Morgan fingerprint density at radius 1 is 1.38 bits per heavy atom. The molecule has 0 aliphatic heterocycles. The summed E-state index contributed by atoms with van der Waals surface area (Å²) in [5.41, 5.74) is -0.571. The molecular weight excluding hydrogens is 277 g/mol. The third kappa shape index (κ3) is 3.06. The number of rotatable bonds is 2. The maximum Gasteiger partial charge on any atom is 0.419 e. The first-order valence-electron chi connectivity index (χ1n) is 6.48. The monoisotopic (exact) mass is 295 g/mol. The Labute approximate surface area is 121 Å². The summed E-state index contributed by atoms with van der Waals surface area (Å²) in [6.07, 6.45) is -2.13. The van der Waals surface area contributed by atoms with Crippen LogP contribution in [0.15, 0.2) is 24.3 Å². The van der Waals surface area contributed by atoms with Gasteiger partial charge < -0.3 is 14.6 Å². The van der Waals surface area contributed by atoms with Crippen molar-refractivity contribution in [1.29, 1.82) is 0 Å². The molecule has 1 atom stereocenters. The van der Waals surface area contributed by atoms with Crippen LogP contribution in [0, 0.1) is 5.82 Å². The summed E-state index contributed by atoms with van der Waals surface area (Å²) >= 11 is 0. The van der Waals surface area contributed by atoms with E-state index in [1.807, 2.05) is 0 Å². The topological polar surface area (TPSA) is 60.7 Å². The maximum absolute atomic E-state index is 14.1. The number of ether oxygens (including phenoxy) is 2. The van der Waals surface area contributed by atoms with Crippen LogP contribution in [0.3, 0.4) is 0 Å². The predicted molar refractivity (Wildman–Crippen MR) is 75.5 cm³/mol. The van der Waals surface area contributed by atoms with Crippen molar-refractivity contribution in [3.63, 3.8) is 0 Å². The number of carbonyl (C=O) groups is 1. The normalized spacial score (nSPS) is 13.4. The molecule has 21 heavy (non-hydrogen) atoms. The number of fused-ring (bicyclic) bond motifs is 1. The molecule has 0 saturated heterocycles. The Bertz CT molecular complexity index is 672. The van der Waals surface area contributed by atoms with Crippen LogP contribution in [-0.2, 0) is 9.47 Å². The van der Waals surface area contributed by atoms with E-state index in [9.17, 15) is 14.3 Å². The van der Waals surface area contributed by atoms with Gasteiger partial charge in [-0.3, -0.25) is 0 Å². The summed E-state index contributed by atoms with van der Waals surface area (Å²) in [7, 11) is 1.29. The third-order valence-corrected chi connectivity index (χ3v) is 2.86. The lowest BCUT2D eigenvalue weighted by atomic mass is 10.2. The van der Waals surface area contributed by atoms with E-state index in [-0.39, 0.29) is 11.2 Å². The lowest BCUT2D eigenvalue weighted by Crippen LogP contribution is -2.28. The van der Waals surface area contributed by atoms with Gasteiger partial charge in [0.1, 0.15) is 11.4 Å². The molecule has 1 N–H and O–H groups in total. The fraction of sp³-hybridized carbons (Fsp3) is 0.400. The highest BCUT2D eigenvalue weighted by Gasteiger charge is 2.26. The molecule has 0 aliphatic carbocycles. The number of hydrogen-bond donors (Lipinski definition) is 1. The molecule has 5 nitrogen and oxygen atoms in total. The first kappa shape index (κ1) is 15.5. The summed E-state index contributed by atoms with van der Waals surface area (Å²) in [6.45, 7) is 5.12. The number of methoxy groups -OCH3 is 1. The molecule has 0 aliphatic rings. The number of benzene rings is 1. The third-order valence-electron chi connectivity index (χ3n) is 2.86. The molecule has 1 heterocycles. The maximum atomic E-state index is 14.1. The predicted octanol–water partition coefficient (Wildman–Crippen LogP) is 3.20. The summed E-state index contributed by atoms with van der Waals surface area (Å²) in [6, 6.07) is 5.91. The van der Waals surface area contributed by atoms with Crippen LogP contribution in [0.5, 0.6) is 0 Å². The zero-order valence-electron chi connectivity index (χ0n) is 12.4. The second kappa shape index (κ2) is 5.46. The number of para-hydroxylation sites is 1. The highest BCUT2D eigenvalue weighted by Crippen LogP contribution is 2.28. The van der Waals surface area contributed by atoms with E-state index < -0.39 is 23.8 Å². The molecule has 0 radical (unpaired) electrons. The van der Waals surface area contributed by atoms with E-state index in [2.05, 4.69) is 0 Å². The smallest absolute Gasteiger partial charge is 0.419 e. The van der Waals surface area contributed by atoms with Gasteiger partial charge in [-0.2, -0.15) is 0 Å². The molecule has 114 valence electrons. The number of aliphatic hydroxyl groups is 1. The average molecular weight is 295 g/mol. The summed E-state index contributed by atoms with van der Waals surface area (Å²) in [4.78, 5) is 12.3. The van der Waals surface area contributed by atoms with Gasteiger partial charge in [0.25, 0.3) is 0 Å². The summed E-state index contributed by atoms with van der Waals surface area (Å²) in [5, 5.41) is 10.4. The highest BCUT2D eigenvalue weighted by atomic mass is 19.1. The number of aliphatic hydroxyl groups excluding tert-OH is 1. The van der Waals surface area contributed by atoms with Crippen LogP contribution in [0.25, 0.3) is 10.9 Å². The standard InChI is InChI=1S/C15H18FNO4/c1-15(2,3)21-14(19)17-11(13(18)20-4)8-9-6-5-7-10(16)12(9)17/h5-8,13,18H,1-4H3. The minimum absolute atomic E-state index is 0.0536. The zero-order valence-corrected chi connectivity index (χ0v) is 12.4. The minimum Gasteiger partial charge on any atom is -0.443 e. The van der Waals surface area contributed by atoms with Gasteiger partial charge in [-0.25, -0.2) is 13.8 Å². The molecule has 6 heteroatoms. The highest BCUT2D eigenvalue weighted by molar-refractivity contribution is 5.91. The fourth-order valence-corrected chi connectivity index (χ4v) is 2.04. The van der Waals surface area contributed by atoms with E-state index in [0.717, 1.165) is 4.57 Å². The van der Waals surface area contributed by atoms with Crippen molar-refractivity contribution in [1.82, 2.24) is 4.57 Å². The Kier molecular flexibility index (Phi) is 4.02. The van der Waals surface area contributed by atoms with Crippen molar-refractivity contribution in [2.45, 2.75) is 32.7 Å². The van der Waals surface area contributed by atoms with Gasteiger partial charge in [-0.05, 0) is 32.9 Å². The molecule has 0 saturated carbocycles. The van der Waals surface area contributed by atoms with Gasteiger partial charge in [-0.15, -0.1) is 0 Å². The second-order valence-electron chi connectivity index (χ2n) is 5.65. The summed E-state index contributed by atoms with van der Waals surface area (Å²) < 4.78 is 25.2. The molecule has 2 rings (SSSR count). The van der Waals surface area contributed by atoms with Gasteiger partial charge >= 0.3 is 6.09 Å². The van der Waals surface area contributed by atoms with Crippen molar-refractivity contribution >= 4 is 17.0 Å². The van der Waals surface area contributed by atoms with E-state index in [1.54, 1.807) is 26.8 Å². The average Bonchev–Trinajstić information content (AvgIpc) is 2.76. The minimum atomic E-state index is -1.36. The first-order valence-corrected chi connectivity index (χ1v) is 6.48. The Balaban J connectivity index is 2.65. The van der Waals surface area contributed by atoms with Crippen molar-refractivity contribution in [3.8, 4) is 0 Å². The molecule has 1 aromatic carbocycles. The van der Waals surface area contributed by atoms with Gasteiger partial charge in [0, 0.05) is 12.5 Å². The van der Waals surface area contributed by atoms with E-state index in [1.165, 1.54) is 25.3 Å². The van der Waals surface area contributed by atoms with Crippen LogP contribution in [0.2, 0.25) is 0 Å². The van der Waals surface area contributed by atoms with Gasteiger partial charge in [0.05, 0.1) is 11.2 Å². The number of aromatic nitrogens is 1. The molecule has 0 bridgehead atoms. The van der Waals surface area contributed by atoms with Crippen molar-refractivity contribution in [3.05, 3.63) is 35.8 Å². The Hall–Kier alpha value is -1.92. The van der Waals surface area contributed by atoms with Crippen molar-refractivity contribution in [2.75, 3.05) is 7.11 Å². The van der Waals surface area contributed by atoms with Gasteiger partial charge in [0.2, 0.25) is 0 Å². The second-order valence-corrected chi connectivity index (χ2v) is 5.65. The molecule has 0 fully saturated rings. The van der Waals surface area contributed by atoms with Crippen LogP contribution in [0.4, 0.5) is 9.18 Å². The number of nitrogens with zero attached hydrogens (tertiary/aromatic N) is 1. The van der Waals surface area contributed by atoms with Crippen LogP contribution in [-0.4, -0.2) is 28.5 Å². The van der Waals surface area contributed by atoms with Crippen LogP contribution >= 0.6 is 0 Å². The zero-order chi connectivity index (χ0) is 15.8. The SMILES string of the molecule is COC(O)c1cc2cccc(F)c2n1C(=O)OC(C)(C)C. The molecule has 0 spiro atoms. The number of halogens is 1. The van der Waals surface area contributed by atoms with E-state index >= 15 is 0 Å². The molecular formula is C15H18FNO4. The van der Waals surface area contributed by atoms with Crippen LogP contribution < -0.4 is 0 Å². The summed E-state index contributed by atoms with van der Waals surface area (Å²) in [5.74, 6) is -0.576. The van der Waals surface area contributed by atoms with E-state index in [0.29, 0.717) is 5.39 Å². The molecule has 0 amide bonds. The van der Waals surface area contributed by atoms with Gasteiger partial charge in [0.15, 0.2) is 6.29 Å². The first-order chi connectivity index (χ1) is 9.74. The lowest BCUT2D eigenvalue weighted by Gasteiger charge is -2.21. The molecule has 1 unspecified atom stereocenters. The molecule has 1 aromatic heterocycles.